The molecule has 1 heterocycles. The second-order valence-corrected chi connectivity index (χ2v) is 4.82. The molecule has 6 nitrogen and oxygen atoms in total. The van der Waals surface area contributed by atoms with Gasteiger partial charge in [-0.25, -0.2) is 9.67 Å². The van der Waals surface area contributed by atoms with Gasteiger partial charge in [-0.1, -0.05) is 17.7 Å². The van der Waals surface area contributed by atoms with E-state index in [2.05, 4.69) is 15.4 Å². The van der Waals surface area contributed by atoms with Crippen LogP contribution < -0.4 is 5.32 Å². The van der Waals surface area contributed by atoms with Crippen LogP contribution in [0.2, 0.25) is 5.02 Å². The highest BCUT2D eigenvalue weighted by molar-refractivity contribution is 6.33. The first-order valence-electron chi connectivity index (χ1n) is 6.19. The van der Waals surface area contributed by atoms with E-state index >= 15 is 0 Å². The van der Waals surface area contributed by atoms with E-state index in [-0.39, 0.29) is 12.3 Å². The molecule has 1 aromatic carbocycles. The predicted molar refractivity (Wildman–Crippen MR) is 75.9 cm³/mol. The Hall–Kier alpha value is -1.92. The average molecular weight is 295 g/mol. The van der Waals surface area contributed by atoms with Gasteiger partial charge in [-0.3, -0.25) is 4.79 Å². The highest BCUT2D eigenvalue weighted by Gasteiger charge is 2.13. The first-order chi connectivity index (χ1) is 9.58. The van der Waals surface area contributed by atoms with Gasteiger partial charge in [0, 0.05) is 6.42 Å². The van der Waals surface area contributed by atoms with E-state index in [0.29, 0.717) is 22.8 Å². The third-order valence-electron chi connectivity index (χ3n) is 2.70. The van der Waals surface area contributed by atoms with Gasteiger partial charge in [-0.2, -0.15) is 5.10 Å². The fraction of sp³-hybridized carbons (Fsp3) is 0.308. The van der Waals surface area contributed by atoms with Crippen molar-refractivity contribution in [3.05, 3.63) is 35.9 Å². The van der Waals surface area contributed by atoms with Gasteiger partial charge < -0.3 is 10.4 Å². The van der Waals surface area contributed by atoms with Crippen molar-refractivity contribution in [3.63, 3.8) is 0 Å². The molecule has 2 rings (SSSR count). The van der Waals surface area contributed by atoms with Gasteiger partial charge in [-0.15, -0.1) is 0 Å². The van der Waals surface area contributed by atoms with Crippen molar-refractivity contribution in [1.82, 2.24) is 14.8 Å². The Labute approximate surface area is 121 Å². The summed E-state index contributed by atoms with van der Waals surface area (Å²) in [6.45, 7) is 1.65. The third-order valence-corrected chi connectivity index (χ3v) is 3.00. The molecule has 1 atom stereocenters. The van der Waals surface area contributed by atoms with Crippen LogP contribution in [0, 0.1) is 0 Å². The number of carbonyl (C=O) groups excluding carboxylic acids is 1. The summed E-state index contributed by atoms with van der Waals surface area (Å²) in [5.41, 5.74) is 1.12. The lowest BCUT2D eigenvalue weighted by molar-refractivity contribution is -0.116. The van der Waals surface area contributed by atoms with E-state index in [4.69, 9.17) is 11.6 Å². The maximum absolute atomic E-state index is 11.8. The van der Waals surface area contributed by atoms with Crippen LogP contribution in [0.15, 0.2) is 30.9 Å². The quantitative estimate of drug-likeness (QED) is 0.884. The fourth-order valence-corrected chi connectivity index (χ4v) is 1.99. The Morgan fingerprint density at radius 3 is 3.00 bits per heavy atom. The number of hydrogen-bond donors (Lipinski definition) is 2. The standard InChI is InChI=1S/C13H15ClN4O2/c1-9(19)5-6-12(20)17-11-4-2-3-10(14)13(11)18-8-15-7-16-18/h2-4,7-9,19H,5-6H2,1H3,(H,17,20). The largest absolute Gasteiger partial charge is 0.393 e. The van der Waals surface area contributed by atoms with E-state index < -0.39 is 6.10 Å². The van der Waals surface area contributed by atoms with E-state index in [1.165, 1.54) is 17.3 Å². The number of carbonyl (C=O) groups is 1. The SMILES string of the molecule is CC(O)CCC(=O)Nc1cccc(Cl)c1-n1cncn1. The number of amides is 1. The van der Waals surface area contributed by atoms with Crippen LogP contribution in [0.3, 0.4) is 0 Å². The number of aromatic nitrogens is 3. The maximum Gasteiger partial charge on any atom is 0.224 e. The number of halogens is 1. The minimum atomic E-state index is -0.505. The first kappa shape index (κ1) is 14.5. The van der Waals surface area contributed by atoms with Gasteiger partial charge in [0.2, 0.25) is 5.91 Å². The van der Waals surface area contributed by atoms with Crippen molar-refractivity contribution in [1.29, 1.82) is 0 Å². The van der Waals surface area contributed by atoms with E-state index in [1.807, 2.05) is 0 Å². The molecule has 0 saturated heterocycles. The molecule has 0 bridgehead atoms. The van der Waals surface area contributed by atoms with Gasteiger partial charge in [-0.05, 0) is 25.5 Å². The monoisotopic (exact) mass is 294 g/mol. The van der Waals surface area contributed by atoms with Gasteiger partial charge in [0.25, 0.3) is 0 Å². The molecule has 0 aliphatic rings. The number of benzene rings is 1. The van der Waals surface area contributed by atoms with Crippen molar-refractivity contribution >= 4 is 23.2 Å². The normalized spacial score (nSPS) is 12.2. The van der Waals surface area contributed by atoms with Crippen LogP contribution in [-0.4, -0.2) is 31.9 Å². The maximum atomic E-state index is 11.8. The molecule has 0 saturated carbocycles. The molecule has 2 aromatic rings. The van der Waals surface area contributed by atoms with Crippen LogP contribution in [0.5, 0.6) is 0 Å². The smallest absolute Gasteiger partial charge is 0.224 e. The summed E-state index contributed by atoms with van der Waals surface area (Å²) < 4.78 is 1.49. The van der Waals surface area contributed by atoms with Crippen molar-refractivity contribution in [2.75, 3.05) is 5.32 Å². The lowest BCUT2D eigenvalue weighted by Crippen LogP contribution is -2.15. The molecule has 1 aromatic heterocycles. The fourth-order valence-electron chi connectivity index (χ4n) is 1.73. The summed E-state index contributed by atoms with van der Waals surface area (Å²) in [6, 6.07) is 5.19. The summed E-state index contributed by atoms with van der Waals surface area (Å²) in [7, 11) is 0. The molecule has 0 spiro atoms. The molecule has 1 unspecified atom stereocenters. The number of nitrogens with zero attached hydrogens (tertiary/aromatic N) is 3. The number of anilines is 1. The minimum absolute atomic E-state index is 0.186. The van der Waals surface area contributed by atoms with E-state index in [1.54, 1.807) is 25.1 Å². The molecule has 2 N–H and O–H groups in total. The van der Waals surface area contributed by atoms with Crippen LogP contribution in [0.4, 0.5) is 5.69 Å². The molecule has 0 fully saturated rings. The Kier molecular flexibility index (Phi) is 4.70. The Bertz CT molecular complexity index is 584. The number of hydrogen-bond acceptors (Lipinski definition) is 4. The number of aliphatic hydroxyl groups is 1. The van der Waals surface area contributed by atoms with Crippen molar-refractivity contribution < 1.29 is 9.90 Å². The molecular weight excluding hydrogens is 280 g/mol. The minimum Gasteiger partial charge on any atom is -0.393 e. The van der Waals surface area contributed by atoms with Gasteiger partial charge in [0.1, 0.15) is 18.3 Å². The summed E-state index contributed by atoms with van der Waals surface area (Å²) in [6.07, 6.45) is 3.04. The third kappa shape index (κ3) is 3.55. The lowest BCUT2D eigenvalue weighted by Gasteiger charge is -2.12. The number of nitrogens with one attached hydrogen (secondary N) is 1. The number of para-hydroxylation sites is 1. The molecule has 106 valence electrons. The van der Waals surface area contributed by atoms with Crippen LogP contribution >= 0.6 is 11.6 Å². The van der Waals surface area contributed by atoms with Gasteiger partial charge >= 0.3 is 0 Å². The average Bonchev–Trinajstić information content (AvgIpc) is 2.90. The van der Waals surface area contributed by atoms with E-state index in [9.17, 15) is 9.90 Å². The molecule has 20 heavy (non-hydrogen) atoms. The topological polar surface area (TPSA) is 80.0 Å². The summed E-state index contributed by atoms with van der Waals surface area (Å²) >= 11 is 6.15. The van der Waals surface area contributed by atoms with Crippen LogP contribution in [0.25, 0.3) is 5.69 Å². The van der Waals surface area contributed by atoms with Crippen LogP contribution in [-0.2, 0) is 4.79 Å². The highest BCUT2D eigenvalue weighted by atomic mass is 35.5. The summed E-state index contributed by atoms with van der Waals surface area (Å²) in [5, 5.41) is 16.4. The van der Waals surface area contributed by atoms with E-state index in [0.717, 1.165) is 0 Å². The number of aliphatic hydroxyl groups excluding tert-OH is 1. The number of rotatable bonds is 5. The van der Waals surface area contributed by atoms with Crippen molar-refractivity contribution in [2.24, 2.45) is 0 Å². The van der Waals surface area contributed by atoms with Gasteiger partial charge in [0.15, 0.2) is 0 Å². The van der Waals surface area contributed by atoms with Crippen molar-refractivity contribution in [2.45, 2.75) is 25.9 Å². The Morgan fingerprint density at radius 2 is 2.35 bits per heavy atom. The molecule has 1 amide bonds. The molecule has 0 radical (unpaired) electrons. The lowest BCUT2D eigenvalue weighted by atomic mass is 10.2. The first-order valence-corrected chi connectivity index (χ1v) is 6.57. The zero-order valence-corrected chi connectivity index (χ0v) is 11.7. The zero-order valence-electron chi connectivity index (χ0n) is 11.0. The second kappa shape index (κ2) is 6.49. The molecule has 7 heteroatoms. The van der Waals surface area contributed by atoms with Crippen molar-refractivity contribution in [3.8, 4) is 5.69 Å². The molecule has 0 aliphatic carbocycles. The Balaban J connectivity index is 2.20. The summed E-state index contributed by atoms with van der Waals surface area (Å²) in [5.74, 6) is -0.186. The predicted octanol–water partition coefficient (Wildman–Crippen LogP) is 2.02. The molecule has 0 aliphatic heterocycles. The van der Waals surface area contributed by atoms with Crippen LogP contribution in [0.1, 0.15) is 19.8 Å². The highest BCUT2D eigenvalue weighted by Crippen LogP contribution is 2.27. The summed E-state index contributed by atoms with van der Waals surface area (Å²) in [4.78, 5) is 15.7. The zero-order chi connectivity index (χ0) is 14.5. The van der Waals surface area contributed by atoms with Gasteiger partial charge in [0.05, 0.1) is 16.8 Å². The second-order valence-electron chi connectivity index (χ2n) is 4.41. The molecular formula is C13H15ClN4O2. The Morgan fingerprint density at radius 1 is 1.55 bits per heavy atom.